The molecule has 0 aliphatic carbocycles. The van der Waals surface area contributed by atoms with Crippen LogP contribution in [0.15, 0.2) is 23.3 Å². The van der Waals surface area contributed by atoms with Crippen molar-refractivity contribution in [3.05, 3.63) is 34.4 Å². The molecule has 0 amide bonds. The molecule has 1 aromatic rings. The minimum atomic E-state index is -0.407. The van der Waals surface area contributed by atoms with E-state index in [1.54, 1.807) is 11.5 Å². The molecule has 2 heterocycles. The molecule has 0 radical (unpaired) electrons. The molecule has 6 nitrogen and oxygen atoms in total. The second kappa shape index (κ2) is 6.69. The van der Waals surface area contributed by atoms with Crippen LogP contribution in [0.3, 0.4) is 0 Å². The Hall–Kier alpha value is -1.63. The first-order valence-corrected chi connectivity index (χ1v) is 7.53. The molecule has 0 aromatic carbocycles. The smallest absolute Gasteiger partial charge is 0.310 e. The highest BCUT2D eigenvalue weighted by Gasteiger charge is 2.18. The predicted octanol–water partition coefficient (Wildman–Crippen LogP) is 1.08. The van der Waals surface area contributed by atoms with E-state index in [1.807, 2.05) is 17.2 Å². The average molecular weight is 342 g/mol. The number of fused-ring (bicyclic) bond motifs is 1. The van der Waals surface area contributed by atoms with E-state index in [1.165, 1.54) is 6.20 Å². The van der Waals surface area contributed by atoms with Crippen molar-refractivity contribution in [1.29, 1.82) is 0 Å². The summed E-state index contributed by atoms with van der Waals surface area (Å²) in [5.41, 5.74) is 0.174. The van der Waals surface area contributed by atoms with E-state index < -0.39 is 5.97 Å². The zero-order valence-corrected chi connectivity index (χ0v) is 12.8. The number of halogens is 1. The largest absolute Gasteiger partial charge is 0.466 e. The van der Waals surface area contributed by atoms with Crippen LogP contribution in [-0.2, 0) is 22.5 Å². The number of hydrogen-bond donors (Lipinski definition) is 0. The van der Waals surface area contributed by atoms with Gasteiger partial charge in [0.05, 0.1) is 13.0 Å². The summed E-state index contributed by atoms with van der Waals surface area (Å²) >= 11 is 3.37. The maximum atomic E-state index is 12.3. The predicted molar refractivity (Wildman–Crippen MR) is 79.1 cm³/mol. The molecule has 20 heavy (non-hydrogen) atoms. The van der Waals surface area contributed by atoms with Crippen LogP contribution in [0.25, 0.3) is 0 Å². The van der Waals surface area contributed by atoms with Gasteiger partial charge in [0.2, 0.25) is 5.95 Å². The monoisotopic (exact) mass is 341 g/mol. The number of alkyl halides is 1. The lowest BCUT2D eigenvalue weighted by atomic mass is 10.2. The quantitative estimate of drug-likeness (QED) is 0.592. The van der Waals surface area contributed by atoms with Crippen LogP contribution in [0.5, 0.6) is 0 Å². The number of carbonyl (C=O) groups excluding carboxylic acids is 1. The zero-order chi connectivity index (χ0) is 14.5. The molecule has 0 N–H and O–H groups in total. The number of esters is 1. The Morgan fingerprint density at radius 1 is 1.55 bits per heavy atom. The molecule has 0 spiro atoms. The van der Waals surface area contributed by atoms with Gasteiger partial charge in [0.25, 0.3) is 5.56 Å². The van der Waals surface area contributed by atoms with Crippen LogP contribution < -0.4 is 10.5 Å². The maximum Gasteiger partial charge on any atom is 0.310 e. The van der Waals surface area contributed by atoms with Crippen LogP contribution in [0.1, 0.15) is 12.5 Å². The summed E-state index contributed by atoms with van der Waals surface area (Å²) in [7, 11) is 0. The normalized spacial score (nSPS) is 13.2. The molecular weight excluding hydrogens is 326 g/mol. The number of carbonyl (C=O) groups is 1. The van der Waals surface area contributed by atoms with Gasteiger partial charge in [-0.1, -0.05) is 15.9 Å². The number of allylic oxidation sites excluding steroid dienone is 1. The van der Waals surface area contributed by atoms with Crippen molar-refractivity contribution < 1.29 is 9.53 Å². The van der Waals surface area contributed by atoms with E-state index in [0.29, 0.717) is 24.7 Å². The van der Waals surface area contributed by atoms with Gasteiger partial charge in [-0.25, -0.2) is 4.98 Å². The van der Waals surface area contributed by atoms with Crippen molar-refractivity contribution in [2.45, 2.75) is 19.9 Å². The summed E-state index contributed by atoms with van der Waals surface area (Å²) in [5, 5.41) is 0.776. The van der Waals surface area contributed by atoms with Gasteiger partial charge in [0.1, 0.15) is 0 Å². The summed E-state index contributed by atoms with van der Waals surface area (Å²) in [6.07, 6.45) is 5.23. The van der Waals surface area contributed by atoms with Crippen molar-refractivity contribution in [2.24, 2.45) is 0 Å². The Morgan fingerprint density at radius 3 is 3.05 bits per heavy atom. The zero-order valence-electron chi connectivity index (χ0n) is 11.2. The fourth-order valence-corrected chi connectivity index (χ4v) is 2.40. The summed E-state index contributed by atoms with van der Waals surface area (Å²) in [5.74, 6) is 0.195. The molecule has 0 saturated heterocycles. The Balaban J connectivity index is 2.29. The second-order valence-corrected chi connectivity index (χ2v) is 5.04. The van der Waals surface area contributed by atoms with E-state index in [-0.39, 0.29) is 12.0 Å². The van der Waals surface area contributed by atoms with E-state index >= 15 is 0 Å². The lowest BCUT2D eigenvalue weighted by molar-refractivity contribution is -0.142. The van der Waals surface area contributed by atoms with Gasteiger partial charge in [-0.2, -0.15) is 0 Å². The first-order valence-electron chi connectivity index (χ1n) is 6.41. The first-order chi connectivity index (χ1) is 9.67. The van der Waals surface area contributed by atoms with Gasteiger partial charge in [-0.15, -0.1) is 0 Å². The molecule has 0 saturated carbocycles. The molecule has 0 bridgehead atoms. The minimum absolute atomic E-state index is 0.0396. The maximum absolute atomic E-state index is 12.3. The van der Waals surface area contributed by atoms with E-state index in [2.05, 4.69) is 20.9 Å². The number of anilines is 1. The average Bonchev–Trinajstić information content (AvgIpc) is 2.43. The minimum Gasteiger partial charge on any atom is -0.466 e. The van der Waals surface area contributed by atoms with E-state index in [9.17, 15) is 9.59 Å². The van der Waals surface area contributed by atoms with Crippen molar-refractivity contribution >= 4 is 27.8 Å². The van der Waals surface area contributed by atoms with Crippen LogP contribution in [-0.4, -0.2) is 34.0 Å². The molecule has 108 valence electrons. The topological polar surface area (TPSA) is 64.4 Å². The van der Waals surface area contributed by atoms with Gasteiger partial charge >= 0.3 is 5.97 Å². The molecule has 0 atom stereocenters. The standard InChI is InChI=1S/C13H16BrN3O3/c1-2-20-11(18)8-10-9-15-13-16(7-4-14)5-3-6-17(13)12(10)19/h3,5,9H,2,4,6-8H2,1H3. The SMILES string of the molecule is CCOC(=O)Cc1cnc2n(c1=O)CC=CN2CCBr. The van der Waals surface area contributed by atoms with Crippen molar-refractivity contribution in [1.82, 2.24) is 9.55 Å². The third-order valence-electron chi connectivity index (χ3n) is 2.89. The molecule has 1 aliphatic rings. The number of hydrogen-bond acceptors (Lipinski definition) is 5. The lowest BCUT2D eigenvalue weighted by Gasteiger charge is -2.25. The Bertz CT molecular complexity index is 583. The number of nitrogens with zero attached hydrogens (tertiary/aromatic N) is 3. The summed E-state index contributed by atoms with van der Waals surface area (Å²) in [4.78, 5) is 30.0. The van der Waals surface area contributed by atoms with Gasteiger partial charge in [-0.05, 0) is 13.0 Å². The molecule has 1 aromatic heterocycles. The van der Waals surface area contributed by atoms with Crippen LogP contribution >= 0.6 is 15.9 Å². The van der Waals surface area contributed by atoms with E-state index in [4.69, 9.17) is 4.74 Å². The fraction of sp³-hybridized carbons (Fsp3) is 0.462. The Labute approximate surface area is 125 Å². The van der Waals surface area contributed by atoms with Gasteiger partial charge < -0.3 is 9.64 Å². The fourth-order valence-electron chi connectivity index (χ4n) is 2.02. The van der Waals surface area contributed by atoms with Crippen molar-refractivity contribution in [3.63, 3.8) is 0 Å². The summed E-state index contributed by atoms with van der Waals surface area (Å²) < 4.78 is 6.43. The Morgan fingerprint density at radius 2 is 2.35 bits per heavy atom. The third-order valence-corrected chi connectivity index (χ3v) is 3.25. The van der Waals surface area contributed by atoms with E-state index in [0.717, 1.165) is 11.9 Å². The highest BCUT2D eigenvalue weighted by molar-refractivity contribution is 9.09. The second-order valence-electron chi connectivity index (χ2n) is 4.25. The lowest BCUT2D eigenvalue weighted by Crippen LogP contribution is -2.35. The molecular formula is C13H16BrN3O3. The number of aromatic nitrogens is 2. The van der Waals surface area contributed by atoms with Gasteiger partial charge in [-0.3, -0.25) is 14.2 Å². The number of rotatable bonds is 5. The molecule has 2 rings (SSSR count). The highest BCUT2D eigenvalue weighted by atomic mass is 79.9. The summed E-state index contributed by atoms with van der Waals surface area (Å²) in [6, 6.07) is 0. The third kappa shape index (κ3) is 3.09. The Kier molecular flexibility index (Phi) is 4.94. The molecule has 0 unspecified atom stereocenters. The van der Waals surface area contributed by atoms with Gasteiger partial charge in [0.15, 0.2) is 0 Å². The first kappa shape index (κ1) is 14.8. The summed E-state index contributed by atoms with van der Waals surface area (Å²) in [6.45, 7) is 3.23. The van der Waals surface area contributed by atoms with Crippen molar-refractivity contribution in [3.8, 4) is 0 Å². The molecule has 0 fully saturated rings. The van der Waals surface area contributed by atoms with Crippen LogP contribution in [0.4, 0.5) is 5.95 Å². The van der Waals surface area contributed by atoms with Crippen molar-refractivity contribution in [2.75, 3.05) is 23.4 Å². The highest BCUT2D eigenvalue weighted by Crippen LogP contribution is 2.14. The number of ether oxygens (including phenoxy) is 1. The van der Waals surface area contributed by atoms with Gasteiger partial charge in [0, 0.05) is 36.4 Å². The van der Waals surface area contributed by atoms with Crippen LogP contribution in [0, 0.1) is 0 Å². The molecule has 7 heteroatoms. The molecule has 1 aliphatic heterocycles. The van der Waals surface area contributed by atoms with Crippen LogP contribution in [0.2, 0.25) is 0 Å².